The fourth-order valence-electron chi connectivity index (χ4n) is 6.01. The molecule has 0 aromatic heterocycles. The molecule has 0 radical (unpaired) electrons. The Morgan fingerprint density at radius 1 is 0.379 bits per heavy atom. The van der Waals surface area contributed by atoms with Crippen molar-refractivity contribution in [3.8, 4) is 0 Å². The predicted octanol–water partition coefficient (Wildman–Crippen LogP) is 11.7. The van der Waals surface area contributed by atoms with Crippen LogP contribution in [-0.2, 0) is 31.9 Å². The number of aliphatic hydroxyl groups is 4. The molecule has 0 bridgehead atoms. The van der Waals surface area contributed by atoms with Crippen LogP contribution in [0.25, 0.3) is 0 Å². The summed E-state index contributed by atoms with van der Waals surface area (Å²) < 4.78 is 333. The molecular weight excluding hydrogens is 984 g/mol. The summed E-state index contributed by atoms with van der Waals surface area (Å²) >= 11 is 0. The fraction of sp³-hybridized carbons (Fsp3) is 0.667. The molecule has 0 spiro atoms. The van der Waals surface area contributed by atoms with Crippen LogP contribution in [0.4, 0.5) is 105 Å². The molecule has 0 heterocycles. The van der Waals surface area contributed by atoms with Crippen LogP contribution in [0.15, 0.2) is 36.4 Å². The number of benzene rings is 2. The predicted molar refractivity (Wildman–Crippen MR) is 176 cm³/mol. The van der Waals surface area contributed by atoms with Gasteiger partial charge in [0.15, 0.2) is 0 Å². The standard InChI is InChI=1S/C20H22F12O4.C16H14F12O2/c1-3-11(2)12-8-13(15(17(21,22)23,18(24,25)26)35-6-4-33)10-14(9-12)16(19(27,28)29,20(30,31)32)36-7-5-34;1-3-7(2)8-4-9(11(29,13(17,18)19)14(20,21)22)6-10(5-8)12(30,15(23,24)25)16(26,27)28/h8-11,33-34H,3-7H2,1-2H3;4-7,29-30H,3H2,1-2H3. The van der Waals surface area contributed by atoms with E-state index in [1.54, 1.807) is 0 Å². The van der Waals surface area contributed by atoms with E-state index in [1.165, 1.54) is 13.8 Å². The van der Waals surface area contributed by atoms with E-state index in [9.17, 15) is 116 Å². The molecule has 0 aliphatic carbocycles. The minimum atomic E-state index is -6.56. The second kappa shape index (κ2) is 19.9. The van der Waals surface area contributed by atoms with Gasteiger partial charge in [0.1, 0.15) is 0 Å². The van der Waals surface area contributed by atoms with Crippen LogP contribution in [0.5, 0.6) is 0 Å². The first kappa shape index (κ1) is 60.5. The second-order valence-corrected chi connectivity index (χ2v) is 14.2. The third kappa shape index (κ3) is 11.2. The minimum absolute atomic E-state index is 0.00577. The van der Waals surface area contributed by atoms with Gasteiger partial charge in [-0.25, -0.2) is 0 Å². The number of hydrogen-bond acceptors (Lipinski definition) is 6. The highest BCUT2D eigenvalue weighted by Crippen LogP contribution is 2.58. The molecule has 0 amide bonds. The zero-order chi connectivity index (χ0) is 52.5. The van der Waals surface area contributed by atoms with Crippen LogP contribution < -0.4 is 0 Å². The molecule has 2 unspecified atom stereocenters. The van der Waals surface area contributed by atoms with Crippen LogP contribution in [0.1, 0.15) is 85.8 Å². The maximum Gasteiger partial charge on any atom is 0.430 e. The van der Waals surface area contributed by atoms with Gasteiger partial charge in [0.25, 0.3) is 22.4 Å². The van der Waals surface area contributed by atoms with Gasteiger partial charge in [-0.15, -0.1) is 0 Å². The van der Waals surface area contributed by atoms with E-state index < -0.39 is 156 Å². The zero-order valence-corrected chi connectivity index (χ0v) is 33.5. The van der Waals surface area contributed by atoms with Crippen molar-refractivity contribution in [3.05, 3.63) is 69.8 Å². The van der Waals surface area contributed by atoms with E-state index >= 15 is 0 Å². The topological polar surface area (TPSA) is 99.4 Å². The normalized spacial score (nSPS) is 15.6. The Morgan fingerprint density at radius 2 is 0.591 bits per heavy atom. The Balaban J connectivity index is 0.000000671. The summed E-state index contributed by atoms with van der Waals surface area (Å²) in [6.45, 7) is -1.12. The molecule has 4 N–H and O–H groups in total. The average Bonchev–Trinajstić information content (AvgIpc) is 3.13. The molecule has 2 atom stereocenters. The lowest BCUT2D eigenvalue weighted by molar-refractivity contribution is -0.392. The molecule has 2 rings (SSSR count). The van der Waals surface area contributed by atoms with Crippen molar-refractivity contribution in [1.82, 2.24) is 0 Å². The summed E-state index contributed by atoms with van der Waals surface area (Å²) in [4.78, 5) is 0. The zero-order valence-electron chi connectivity index (χ0n) is 33.5. The number of ether oxygens (including phenoxy) is 2. The first-order valence-corrected chi connectivity index (χ1v) is 18.0. The van der Waals surface area contributed by atoms with E-state index in [0.29, 0.717) is 0 Å². The van der Waals surface area contributed by atoms with Crippen LogP contribution >= 0.6 is 0 Å². The Bertz CT molecular complexity index is 1710. The number of rotatable bonds is 14. The summed E-state index contributed by atoms with van der Waals surface area (Å²) in [6, 6.07) is -1.06. The van der Waals surface area contributed by atoms with Crippen molar-refractivity contribution in [2.45, 2.75) is 124 Å². The summed E-state index contributed by atoms with van der Waals surface area (Å²) in [5, 5.41) is 36.4. The quantitative estimate of drug-likeness (QED) is 0.141. The molecule has 384 valence electrons. The van der Waals surface area contributed by atoms with Crippen LogP contribution in [0, 0.1) is 0 Å². The van der Waals surface area contributed by atoms with Gasteiger partial charge in [-0.3, -0.25) is 0 Å². The number of hydrogen-bond donors (Lipinski definition) is 4. The monoisotopic (exact) mass is 1020 g/mol. The van der Waals surface area contributed by atoms with Crippen LogP contribution in [-0.4, -0.2) is 96.3 Å². The van der Waals surface area contributed by atoms with Gasteiger partial charge in [0.2, 0.25) is 0 Å². The molecule has 30 heteroatoms. The lowest BCUT2D eigenvalue weighted by Gasteiger charge is -2.40. The Morgan fingerprint density at radius 3 is 0.773 bits per heavy atom. The molecule has 2 aromatic carbocycles. The van der Waals surface area contributed by atoms with Gasteiger partial charge in [0.05, 0.1) is 26.4 Å². The average molecular weight is 1020 g/mol. The summed E-state index contributed by atoms with van der Waals surface area (Å²) in [5.74, 6) is -2.24. The van der Waals surface area contributed by atoms with Crippen LogP contribution in [0.2, 0.25) is 0 Å². The third-order valence-electron chi connectivity index (χ3n) is 9.98. The third-order valence-corrected chi connectivity index (χ3v) is 9.98. The molecule has 0 saturated carbocycles. The van der Waals surface area contributed by atoms with Crippen molar-refractivity contribution in [1.29, 1.82) is 0 Å². The lowest BCUT2D eigenvalue weighted by Crippen LogP contribution is -2.58. The van der Waals surface area contributed by atoms with Crippen molar-refractivity contribution in [2.24, 2.45) is 0 Å². The van der Waals surface area contributed by atoms with Gasteiger partial charge in [-0.05, 0) is 47.9 Å². The second-order valence-electron chi connectivity index (χ2n) is 14.2. The molecule has 66 heavy (non-hydrogen) atoms. The van der Waals surface area contributed by atoms with E-state index in [-0.39, 0.29) is 37.1 Å². The largest absolute Gasteiger partial charge is 0.430 e. The molecule has 0 aliphatic heterocycles. The molecule has 0 saturated heterocycles. The van der Waals surface area contributed by atoms with E-state index in [1.807, 2.05) is 0 Å². The van der Waals surface area contributed by atoms with Crippen molar-refractivity contribution in [2.75, 3.05) is 26.4 Å². The smallest absolute Gasteiger partial charge is 0.394 e. The Labute approximate surface area is 356 Å². The van der Waals surface area contributed by atoms with Crippen LogP contribution in [0.3, 0.4) is 0 Å². The minimum Gasteiger partial charge on any atom is -0.394 e. The Kier molecular flexibility index (Phi) is 18.2. The van der Waals surface area contributed by atoms with E-state index in [0.717, 1.165) is 13.8 Å². The Hall–Kier alpha value is -3.48. The summed E-state index contributed by atoms with van der Waals surface area (Å²) in [5.41, 5.74) is -32.9. The number of alkyl halides is 24. The fourth-order valence-corrected chi connectivity index (χ4v) is 6.01. The summed E-state index contributed by atoms with van der Waals surface area (Å²) in [7, 11) is 0. The number of aliphatic hydroxyl groups excluding tert-OH is 2. The lowest BCUT2D eigenvalue weighted by atomic mass is 9.81. The van der Waals surface area contributed by atoms with Gasteiger partial charge >= 0.3 is 49.4 Å². The first-order chi connectivity index (χ1) is 29.2. The highest BCUT2D eigenvalue weighted by molar-refractivity contribution is 5.43. The van der Waals surface area contributed by atoms with Gasteiger partial charge < -0.3 is 29.9 Å². The molecule has 2 aromatic rings. The molecule has 0 aliphatic rings. The van der Waals surface area contributed by atoms with Gasteiger partial charge in [-0.1, -0.05) is 52.0 Å². The van der Waals surface area contributed by atoms with Gasteiger partial charge in [0, 0.05) is 22.3 Å². The SMILES string of the molecule is CCC(C)c1cc(C(O)(C(F)(F)F)C(F)(F)F)cc(C(O)(C(F)(F)F)C(F)(F)F)c1.CCC(C)c1cc(C(OCCO)(C(F)(F)F)C(F)(F)F)cc(C(OCCO)(C(F)(F)F)C(F)(F)F)c1. The van der Waals surface area contributed by atoms with Crippen molar-refractivity contribution < 1.29 is 135 Å². The molecule has 6 nitrogen and oxygen atoms in total. The van der Waals surface area contributed by atoms with E-state index in [4.69, 9.17) is 10.2 Å². The van der Waals surface area contributed by atoms with Crippen molar-refractivity contribution in [3.63, 3.8) is 0 Å². The first-order valence-electron chi connectivity index (χ1n) is 18.0. The molecular formula is C36H36F24O6. The highest BCUT2D eigenvalue weighted by Gasteiger charge is 2.77. The van der Waals surface area contributed by atoms with Crippen molar-refractivity contribution >= 4 is 0 Å². The summed E-state index contributed by atoms with van der Waals surface area (Å²) in [6.07, 6.45) is -52.3. The molecule has 0 fully saturated rings. The highest BCUT2D eigenvalue weighted by atomic mass is 19.4. The maximum absolute atomic E-state index is 14.0. The van der Waals surface area contributed by atoms with Gasteiger partial charge in [-0.2, -0.15) is 105 Å². The number of halogens is 24. The maximum atomic E-state index is 14.0. The van der Waals surface area contributed by atoms with E-state index in [2.05, 4.69) is 9.47 Å².